The van der Waals surface area contributed by atoms with Crippen molar-refractivity contribution in [2.75, 3.05) is 0 Å². The second-order valence-electron chi connectivity index (χ2n) is 0.329. The Hall–Kier alpha value is -0.164. The summed E-state index contributed by atoms with van der Waals surface area (Å²) < 4.78 is 3.53. The van der Waals surface area contributed by atoms with Gasteiger partial charge >= 0.3 is 37.8 Å². The van der Waals surface area contributed by atoms with Crippen molar-refractivity contribution < 1.29 is 8.72 Å². The summed E-state index contributed by atoms with van der Waals surface area (Å²) >= 11 is 0.628. The number of hydrogen-bond acceptors (Lipinski definition) is 3. The molecule has 0 bridgehead atoms. The Morgan fingerprint density at radius 2 is 2.20 bits per heavy atom. The molecule has 0 unspecified atom stereocenters. The van der Waals surface area contributed by atoms with Gasteiger partial charge in [-0.15, -0.1) is 0 Å². The third-order valence-corrected chi connectivity index (χ3v) is 0.447. The molecular formula is GaNO3. The number of rotatable bonds is 1. The van der Waals surface area contributed by atoms with Crippen molar-refractivity contribution in [1.82, 2.24) is 0 Å². The van der Waals surface area contributed by atoms with Gasteiger partial charge in [-0.25, -0.2) is 0 Å². The quantitative estimate of drug-likeness (QED) is 0.268. The Labute approximate surface area is 38.6 Å². The maximum absolute atomic E-state index is 8.97. The summed E-state index contributed by atoms with van der Waals surface area (Å²) in [5, 5.41) is 8.12. The first-order chi connectivity index (χ1) is 2.27. The molecule has 0 spiro atoms. The molecule has 0 aliphatic carbocycles. The Morgan fingerprint density at radius 3 is 2.20 bits per heavy atom. The van der Waals surface area contributed by atoms with Crippen molar-refractivity contribution in [3.63, 3.8) is 0 Å². The molecule has 0 aromatic heterocycles. The standard InChI is InChI=1S/Ga.NO3/c;2-1(3)4/q+1;-1. The van der Waals surface area contributed by atoms with Crippen molar-refractivity contribution in [3.8, 4) is 0 Å². The van der Waals surface area contributed by atoms with Gasteiger partial charge < -0.3 is 0 Å². The summed E-state index contributed by atoms with van der Waals surface area (Å²) in [5.41, 5.74) is 0. The second kappa shape index (κ2) is 2.10. The minimum absolute atomic E-state index is 0.628. The zero-order valence-electron chi connectivity index (χ0n) is 2.25. The average Bonchev–Trinajstić information content (AvgIpc) is 1.38. The molecule has 0 aliphatic heterocycles. The molecular weight excluding hydrogens is 132 g/mol. The molecule has 0 N–H and O–H groups in total. The van der Waals surface area contributed by atoms with Gasteiger partial charge in [0.1, 0.15) is 0 Å². The zero-order chi connectivity index (χ0) is 4.28. The van der Waals surface area contributed by atoms with E-state index in [-0.39, 0.29) is 0 Å². The van der Waals surface area contributed by atoms with E-state index in [0.29, 0.717) is 19.0 Å². The van der Waals surface area contributed by atoms with Crippen molar-refractivity contribution >= 4 is 19.0 Å². The van der Waals surface area contributed by atoms with Gasteiger partial charge in [0.25, 0.3) is 0 Å². The van der Waals surface area contributed by atoms with Crippen LogP contribution in [0, 0.1) is 10.1 Å². The van der Waals surface area contributed by atoms with Crippen molar-refractivity contribution in [1.29, 1.82) is 0 Å². The second-order valence-corrected chi connectivity index (χ2v) is 0.771. The van der Waals surface area contributed by atoms with E-state index in [2.05, 4.69) is 3.63 Å². The maximum atomic E-state index is 8.97. The third kappa shape index (κ3) is 3.84. The van der Waals surface area contributed by atoms with E-state index in [1.54, 1.807) is 0 Å². The molecule has 0 saturated carbocycles. The molecule has 0 aromatic rings. The number of nitrogens with zero attached hydrogens (tertiary/aromatic N) is 1. The van der Waals surface area contributed by atoms with Crippen LogP contribution in [0.3, 0.4) is 0 Å². The average molecular weight is 132 g/mol. The fourth-order valence-electron chi connectivity index (χ4n) is 0. The molecule has 0 saturated heterocycles. The molecule has 0 fully saturated rings. The Kier molecular flexibility index (Phi) is 2.03. The molecule has 2 radical (unpaired) electrons. The van der Waals surface area contributed by atoms with Crippen LogP contribution in [0.25, 0.3) is 0 Å². The van der Waals surface area contributed by atoms with Gasteiger partial charge in [0.15, 0.2) is 0 Å². The van der Waals surface area contributed by atoms with Crippen molar-refractivity contribution in [3.05, 3.63) is 10.1 Å². The first kappa shape index (κ1) is 4.84. The summed E-state index contributed by atoms with van der Waals surface area (Å²) in [6.07, 6.45) is 0. The van der Waals surface area contributed by atoms with Crippen LogP contribution in [0.5, 0.6) is 0 Å². The van der Waals surface area contributed by atoms with Crippen LogP contribution in [0.1, 0.15) is 0 Å². The van der Waals surface area contributed by atoms with Crippen LogP contribution >= 0.6 is 0 Å². The first-order valence-electron chi connectivity index (χ1n) is 0.783. The van der Waals surface area contributed by atoms with E-state index in [4.69, 9.17) is 10.1 Å². The fraction of sp³-hybridized carbons (Fsp3) is 0. The molecule has 0 aliphatic rings. The van der Waals surface area contributed by atoms with Crippen LogP contribution in [-0.4, -0.2) is 24.1 Å². The Morgan fingerprint density at radius 1 is 2.00 bits per heavy atom. The molecule has 5 heavy (non-hydrogen) atoms. The van der Waals surface area contributed by atoms with E-state index in [1.165, 1.54) is 0 Å². The summed E-state index contributed by atoms with van der Waals surface area (Å²) in [6, 6.07) is 0. The predicted molar refractivity (Wildman–Crippen MR) is 13.8 cm³/mol. The van der Waals surface area contributed by atoms with E-state index in [1.807, 2.05) is 0 Å². The van der Waals surface area contributed by atoms with Gasteiger partial charge in [-0.1, -0.05) is 0 Å². The van der Waals surface area contributed by atoms with Gasteiger partial charge in [-0.3, -0.25) is 0 Å². The summed E-state index contributed by atoms with van der Waals surface area (Å²) in [6.45, 7) is 0. The predicted octanol–water partition coefficient (Wildman–Crippen LogP) is -0.722. The van der Waals surface area contributed by atoms with E-state index in [9.17, 15) is 0 Å². The van der Waals surface area contributed by atoms with E-state index in [0.717, 1.165) is 0 Å². The third-order valence-electron chi connectivity index (χ3n) is 0.0861. The van der Waals surface area contributed by atoms with Gasteiger partial charge in [0.2, 0.25) is 0 Å². The van der Waals surface area contributed by atoms with Gasteiger partial charge in [0.05, 0.1) is 0 Å². The molecule has 0 rings (SSSR count). The zero-order valence-corrected chi connectivity index (χ0v) is 4.67. The Balaban J connectivity index is 2.85. The fourth-order valence-corrected chi connectivity index (χ4v) is 0. The van der Waals surface area contributed by atoms with E-state index >= 15 is 0 Å². The van der Waals surface area contributed by atoms with Crippen LogP contribution in [-0.2, 0) is 3.63 Å². The van der Waals surface area contributed by atoms with Crippen LogP contribution < -0.4 is 0 Å². The molecule has 0 atom stereocenters. The summed E-state index contributed by atoms with van der Waals surface area (Å²) in [4.78, 5) is 8.97. The number of hydrogen-bond donors (Lipinski definition) is 0. The minimum atomic E-state index is -0.847. The van der Waals surface area contributed by atoms with E-state index < -0.39 is 5.09 Å². The van der Waals surface area contributed by atoms with Crippen LogP contribution in [0.15, 0.2) is 0 Å². The van der Waals surface area contributed by atoms with Gasteiger partial charge in [-0.05, 0) is 0 Å². The van der Waals surface area contributed by atoms with Crippen molar-refractivity contribution in [2.24, 2.45) is 0 Å². The summed E-state index contributed by atoms with van der Waals surface area (Å²) in [5.74, 6) is 0. The topological polar surface area (TPSA) is 52.4 Å². The van der Waals surface area contributed by atoms with Gasteiger partial charge in [0, 0.05) is 0 Å². The molecule has 5 heteroatoms. The molecule has 0 heterocycles. The molecule has 0 aromatic carbocycles. The molecule has 26 valence electrons. The SMILES string of the molecule is O=[N+]([O-])[O][Ga]. The van der Waals surface area contributed by atoms with Crippen LogP contribution in [0.2, 0.25) is 0 Å². The normalized spacial score (nSPS) is 6.40. The Bertz CT molecular complexity index is 42.2. The molecule has 0 amide bonds. The molecule has 4 nitrogen and oxygen atoms in total. The summed E-state index contributed by atoms with van der Waals surface area (Å²) in [7, 11) is 0. The van der Waals surface area contributed by atoms with Crippen LogP contribution in [0.4, 0.5) is 0 Å². The van der Waals surface area contributed by atoms with Crippen molar-refractivity contribution in [2.45, 2.75) is 0 Å². The monoisotopic (exact) mass is 131 g/mol. The first-order valence-corrected chi connectivity index (χ1v) is 1.77. The van der Waals surface area contributed by atoms with Gasteiger partial charge in [-0.2, -0.15) is 0 Å².